The monoisotopic (exact) mass is 478 g/mol. The number of esters is 3. The summed E-state index contributed by atoms with van der Waals surface area (Å²) in [7, 11) is 0. The van der Waals surface area contributed by atoms with Crippen molar-refractivity contribution in [1.82, 2.24) is 5.32 Å². The molecule has 0 bridgehead atoms. The third-order valence-corrected chi connectivity index (χ3v) is 4.22. The van der Waals surface area contributed by atoms with Crippen molar-refractivity contribution in [2.45, 2.75) is 58.3 Å². The van der Waals surface area contributed by atoms with Crippen LogP contribution in [0.1, 0.15) is 27.7 Å². The summed E-state index contributed by atoms with van der Waals surface area (Å²) in [4.78, 5) is 46.6. The highest BCUT2D eigenvalue weighted by molar-refractivity contribution is 5.73. The van der Waals surface area contributed by atoms with Gasteiger partial charge in [-0.05, 0) is 0 Å². The Morgan fingerprint density at radius 2 is 1.39 bits per heavy atom. The van der Waals surface area contributed by atoms with E-state index in [1.54, 1.807) is 0 Å². The standard InChI is InChI=1S/C20H34N2O11/c1-12(23)22-17-19(32-15(4)26)18(31-14(3)25)16(11-30-13(2)24)33-20(17)29-10-9-28-8-7-27-6-5-21/h16-20H,5-11,21H2,1-4H3,(H,22,23)/t16-,17+,18+,19+,20+/m0/s1. The van der Waals surface area contributed by atoms with Crippen LogP contribution in [0.5, 0.6) is 0 Å². The minimum absolute atomic E-state index is 0.0585. The Morgan fingerprint density at radius 1 is 0.818 bits per heavy atom. The number of amides is 1. The molecule has 0 spiro atoms. The summed E-state index contributed by atoms with van der Waals surface area (Å²) in [5.41, 5.74) is 5.33. The lowest BCUT2D eigenvalue weighted by Gasteiger charge is -2.44. The van der Waals surface area contributed by atoms with Crippen LogP contribution in [0.4, 0.5) is 0 Å². The Hall–Kier alpha value is -2.32. The Balaban J connectivity index is 2.95. The number of carbonyl (C=O) groups excluding carboxylic acids is 4. The smallest absolute Gasteiger partial charge is 0.303 e. The summed E-state index contributed by atoms with van der Waals surface area (Å²) >= 11 is 0. The zero-order valence-corrected chi connectivity index (χ0v) is 19.4. The van der Waals surface area contributed by atoms with Crippen molar-refractivity contribution < 1.29 is 52.3 Å². The molecular weight excluding hydrogens is 444 g/mol. The molecule has 3 N–H and O–H groups in total. The molecule has 13 heteroatoms. The molecule has 1 amide bonds. The van der Waals surface area contributed by atoms with Gasteiger partial charge >= 0.3 is 17.9 Å². The lowest BCUT2D eigenvalue weighted by Crippen LogP contribution is -2.66. The third kappa shape index (κ3) is 11.4. The Kier molecular flexibility index (Phi) is 13.5. The van der Waals surface area contributed by atoms with Gasteiger partial charge in [0.1, 0.15) is 18.8 Å². The summed E-state index contributed by atoms with van der Waals surface area (Å²) in [5, 5.41) is 2.61. The van der Waals surface area contributed by atoms with Crippen LogP contribution in [0.2, 0.25) is 0 Å². The summed E-state index contributed by atoms with van der Waals surface area (Å²) < 4.78 is 37.9. The first-order chi connectivity index (χ1) is 15.6. The average Bonchev–Trinajstić information content (AvgIpc) is 2.71. The van der Waals surface area contributed by atoms with Crippen molar-refractivity contribution in [3.05, 3.63) is 0 Å². The number of carbonyl (C=O) groups is 4. The predicted octanol–water partition coefficient (Wildman–Crippen LogP) is -1.35. The van der Waals surface area contributed by atoms with Gasteiger partial charge in [-0.3, -0.25) is 19.2 Å². The topological polar surface area (TPSA) is 171 Å². The first kappa shape index (κ1) is 28.7. The van der Waals surface area contributed by atoms with Crippen molar-refractivity contribution in [3.63, 3.8) is 0 Å². The van der Waals surface area contributed by atoms with Gasteiger partial charge in [0.25, 0.3) is 0 Å². The minimum Gasteiger partial charge on any atom is -0.463 e. The molecule has 13 nitrogen and oxygen atoms in total. The lowest BCUT2D eigenvalue weighted by molar-refractivity contribution is -0.279. The molecule has 1 heterocycles. The molecule has 1 rings (SSSR count). The van der Waals surface area contributed by atoms with E-state index in [2.05, 4.69) is 5.32 Å². The Labute approximate surface area is 192 Å². The van der Waals surface area contributed by atoms with Gasteiger partial charge in [-0.2, -0.15) is 0 Å². The van der Waals surface area contributed by atoms with Crippen LogP contribution in [0, 0.1) is 0 Å². The van der Waals surface area contributed by atoms with Gasteiger partial charge in [0.15, 0.2) is 18.5 Å². The zero-order valence-electron chi connectivity index (χ0n) is 19.4. The molecule has 0 saturated carbocycles. The second-order valence-electron chi connectivity index (χ2n) is 7.10. The normalized spacial score (nSPS) is 24.6. The minimum atomic E-state index is -1.17. The molecule has 0 aliphatic carbocycles. The number of hydrogen-bond acceptors (Lipinski definition) is 12. The van der Waals surface area contributed by atoms with Gasteiger partial charge in [-0.1, -0.05) is 0 Å². The van der Waals surface area contributed by atoms with E-state index in [1.807, 2.05) is 0 Å². The molecule has 33 heavy (non-hydrogen) atoms. The molecule has 1 aliphatic heterocycles. The van der Waals surface area contributed by atoms with E-state index in [9.17, 15) is 19.2 Å². The largest absolute Gasteiger partial charge is 0.463 e. The maximum Gasteiger partial charge on any atom is 0.303 e. The molecule has 0 unspecified atom stereocenters. The average molecular weight is 478 g/mol. The van der Waals surface area contributed by atoms with E-state index >= 15 is 0 Å². The maximum atomic E-state index is 11.8. The van der Waals surface area contributed by atoms with Gasteiger partial charge in [0.2, 0.25) is 5.91 Å². The van der Waals surface area contributed by atoms with Crippen LogP contribution in [-0.4, -0.2) is 101 Å². The molecule has 190 valence electrons. The van der Waals surface area contributed by atoms with Gasteiger partial charge in [-0.15, -0.1) is 0 Å². The van der Waals surface area contributed by atoms with Crippen LogP contribution < -0.4 is 11.1 Å². The Bertz CT molecular complexity index is 646. The highest BCUT2D eigenvalue weighted by Gasteiger charge is 2.51. The van der Waals surface area contributed by atoms with Gasteiger partial charge in [0.05, 0.1) is 33.0 Å². The number of nitrogens with two attached hydrogens (primary N) is 1. The van der Waals surface area contributed by atoms with Crippen LogP contribution in [0.25, 0.3) is 0 Å². The van der Waals surface area contributed by atoms with Crippen LogP contribution in [0.15, 0.2) is 0 Å². The summed E-state index contributed by atoms with van der Waals surface area (Å²) in [5.74, 6) is -2.40. The molecular formula is C20H34N2O11. The first-order valence-electron chi connectivity index (χ1n) is 10.5. The van der Waals surface area contributed by atoms with Crippen molar-refractivity contribution in [2.24, 2.45) is 5.73 Å². The molecule has 1 saturated heterocycles. The molecule has 0 aromatic rings. The third-order valence-electron chi connectivity index (χ3n) is 4.22. The van der Waals surface area contributed by atoms with Gasteiger partial charge < -0.3 is 44.2 Å². The van der Waals surface area contributed by atoms with Crippen LogP contribution in [0.3, 0.4) is 0 Å². The van der Waals surface area contributed by atoms with E-state index < -0.39 is 54.5 Å². The second kappa shape index (κ2) is 15.5. The second-order valence-corrected chi connectivity index (χ2v) is 7.10. The summed E-state index contributed by atoms with van der Waals surface area (Å²) in [6, 6.07) is -1.02. The fourth-order valence-corrected chi connectivity index (χ4v) is 3.06. The number of ether oxygens (including phenoxy) is 7. The summed E-state index contributed by atoms with van der Waals surface area (Å²) in [6.07, 6.45) is -4.48. The van der Waals surface area contributed by atoms with Crippen LogP contribution in [-0.2, 0) is 52.3 Å². The van der Waals surface area contributed by atoms with E-state index in [4.69, 9.17) is 38.9 Å². The highest BCUT2D eigenvalue weighted by Crippen LogP contribution is 2.28. The van der Waals surface area contributed by atoms with E-state index in [1.165, 1.54) is 20.8 Å². The van der Waals surface area contributed by atoms with Crippen molar-refractivity contribution in [3.8, 4) is 0 Å². The highest BCUT2D eigenvalue weighted by atomic mass is 16.7. The van der Waals surface area contributed by atoms with Gasteiger partial charge in [-0.25, -0.2) is 0 Å². The zero-order chi connectivity index (χ0) is 24.8. The quantitative estimate of drug-likeness (QED) is 0.171. The fraction of sp³-hybridized carbons (Fsp3) is 0.800. The molecule has 5 atom stereocenters. The number of hydrogen-bond donors (Lipinski definition) is 2. The maximum absolute atomic E-state index is 11.8. The predicted molar refractivity (Wildman–Crippen MR) is 111 cm³/mol. The van der Waals surface area contributed by atoms with E-state index in [-0.39, 0.29) is 19.8 Å². The SMILES string of the molecule is CC(=O)N[C@H]1[C@H](OCCOCCOCCN)O[C@@H](COC(C)=O)[C@@H](OC(C)=O)[C@@H]1OC(C)=O. The molecule has 1 fully saturated rings. The summed E-state index contributed by atoms with van der Waals surface area (Å²) in [6.45, 7) is 6.28. The molecule has 0 aromatic carbocycles. The lowest BCUT2D eigenvalue weighted by atomic mass is 9.96. The van der Waals surface area contributed by atoms with E-state index in [0.29, 0.717) is 26.4 Å². The van der Waals surface area contributed by atoms with Crippen LogP contribution >= 0.6 is 0 Å². The number of nitrogens with one attached hydrogen (secondary N) is 1. The van der Waals surface area contributed by atoms with Gasteiger partial charge in [0, 0.05) is 34.2 Å². The van der Waals surface area contributed by atoms with Crippen molar-refractivity contribution in [2.75, 3.05) is 46.2 Å². The molecule has 1 aliphatic rings. The molecule has 0 aromatic heterocycles. The molecule has 0 radical (unpaired) electrons. The fourth-order valence-electron chi connectivity index (χ4n) is 3.06. The Morgan fingerprint density at radius 3 is 1.94 bits per heavy atom. The van der Waals surface area contributed by atoms with Crippen molar-refractivity contribution >= 4 is 23.8 Å². The first-order valence-corrected chi connectivity index (χ1v) is 10.5. The van der Waals surface area contributed by atoms with E-state index in [0.717, 1.165) is 6.92 Å². The number of rotatable bonds is 14. The van der Waals surface area contributed by atoms with Crippen molar-refractivity contribution in [1.29, 1.82) is 0 Å².